The standard InChI is InChI=1S/C19H34ClNO4S/c1-15(20)14-16(2)26(23,24)13-7-6-8-17-9-11-21(12-10-17)18(22)25-19(3,4)5/h16-17H,1,6-14H2,2-5H3. The van der Waals surface area contributed by atoms with Gasteiger partial charge in [-0.25, -0.2) is 13.2 Å². The molecule has 0 bridgehead atoms. The molecule has 1 saturated heterocycles. The molecule has 0 spiro atoms. The van der Waals surface area contributed by atoms with Crippen LogP contribution in [0.5, 0.6) is 0 Å². The molecule has 0 aromatic carbocycles. The number of halogens is 1. The van der Waals surface area contributed by atoms with Crippen molar-refractivity contribution in [1.82, 2.24) is 4.90 Å². The molecule has 5 nitrogen and oxygen atoms in total. The zero-order valence-corrected chi connectivity index (χ0v) is 18.2. The molecule has 1 fully saturated rings. The predicted molar refractivity (Wildman–Crippen MR) is 107 cm³/mol. The minimum absolute atomic E-state index is 0.203. The van der Waals surface area contributed by atoms with Crippen LogP contribution in [0.4, 0.5) is 4.79 Å². The van der Waals surface area contributed by atoms with Crippen molar-refractivity contribution >= 4 is 27.5 Å². The number of hydrogen-bond donors (Lipinski definition) is 0. The van der Waals surface area contributed by atoms with E-state index in [1.165, 1.54) is 0 Å². The second kappa shape index (κ2) is 9.98. The molecular formula is C19H34ClNO4S. The first-order valence-corrected chi connectivity index (χ1v) is 11.5. The van der Waals surface area contributed by atoms with Crippen LogP contribution >= 0.6 is 11.6 Å². The van der Waals surface area contributed by atoms with Crippen LogP contribution in [0.15, 0.2) is 11.6 Å². The van der Waals surface area contributed by atoms with E-state index in [4.69, 9.17) is 16.3 Å². The van der Waals surface area contributed by atoms with Gasteiger partial charge >= 0.3 is 6.09 Å². The minimum Gasteiger partial charge on any atom is -0.444 e. The van der Waals surface area contributed by atoms with Crippen LogP contribution in [0, 0.1) is 5.92 Å². The summed E-state index contributed by atoms with van der Waals surface area (Å²) in [7, 11) is -3.11. The van der Waals surface area contributed by atoms with Crippen LogP contribution < -0.4 is 0 Å². The Hall–Kier alpha value is -0.750. The molecule has 1 heterocycles. The second-order valence-corrected chi connectivity index (χ2v) is 11.4. The quantitative estimate of drug-likeness (QED) is 0.544. The van der Waals surface area contributed by atoms with E-state index in [0.717, 1.165) is 25.7 Å². The third kappa shape index (κ3) is 8.76. The highest BCUT2D eigenvalue weighted by Gasteiger charge is 2.27. The maximum absolute atomic E-state index is 12.2. The highest BCUT2D eigenvalue weighted by Crippen LogP contribution is 2.24. The van der Waals surface area contributed by atoms with Gasteiger partial charge in [0.05, 0.1) is 11.0 Å². The number of sulfone groups is 1. The van der Waals surface area contributed by atoms with E-state index >= 15 is 0 Å². The lowest BCUT2D eigenvalue weighted by Crippen LogP contribution is -2.41. The molecule has 0 saturated carbocycles. The topological polar surface area (TPSA) is 63.7 Å². The summed E-state index contributed by atoms with van der Waals surface area (Å²) in [6.07, 6.45) is 4.56. The number of carbonyl (C=O) groups is 1. The molecule has 1 aliphatic rings. The summed E-state index contributed by atoms with van der Waals surface area (Å²) in [6, 6.07) is 0. The van der Waals surface area contributed by atoms with E-state index in [0.29, 0.717) is 36.9 Å². The number of unbranched alkanes of at least 4 members (excludes halogenated alkanes) is 1. The second-order valence-electron chi connectivity index (χ2n) is 8.31. The molecule has 7 heteroatoms. The summed E-state index contributed by atoms with van der Waals surface area (Å²) < 4.78 is 29.8. The number of likely N-dealkylation sites (tertiary alicyclic amines) is 1. The number of nitrogens with zero attached hydrogens (tertiary/aromatic N) is 1. The first-order chi connectivity index (χ1) is 11.9. The Morgan fingerprint density at radius 2 is 1.85 bits per heavy atom. The largest absolute Gasteiger partial charge is 0.444 e. The fraction of sp³-hybridized carbons (Fsp3) is 0.842. The van der Waals surface area contributed by atoms with Crippen LogP contribution in [0.1, 0.15) is 66.2 Å². The summed E-state index contributed by atoms with van der Waals surface area (Å²) in [5.41, 5.74) is -0.466. The van der Waals surface area contributed by atoms with Crippen molar-refractivity contribution in [3.8, 4) is 0 Å². The fourth-order valence-electron chi connectivity index (χ4n) is 3.11. The lowest BCUT2D eigenvalue weighted by molar-refractivity contribution is 0.0180. The van der Waals surface area contributed by atoms with Crippen LogP contribution in [-0.4, -0.2) is 49.1 Å². The van der Waals surface area contributed by atoms with Crippen molar-refractivity contribution in [2.75, 3.05) is 18.8 Å². The summed E-state index contributed by atoms with van der Waals surface area (Å²) in [5.74, 6) is 0.756. The summed E-state index contributed by atoms with van der Waals surface area (Å²) in [5, 5.41) is -0.0811. The molecule has 1 amide bonds. The molecular weight excluding hydrogens is 374 g/mol. The van der Waals surface area contributed by atoms with Crippen molar-refractivity contribution in [2.45, 2.75) is 77.1 Å². The first-order valence-electron chi connectivity index (χ1n) is 9.43. The Kier molecular flexibility index (Phi) is 8.94. The Morgan fingerprint density at radius 1 is 1.27 bits per heavy atom. The van der Waals surface area contributed by atoms with Gasteiger partial charge in [0.2, 0.25) is 0 Å². The van der Waals surface area contributed by atoms with Gasteiger partial charge in [-0.05, 0) is 59.3 Å². The fourth-order valence-corrected chi connectivity index (χ4v) is 4.89. The summed E-state index contributed by atoms with van der Waals surface area (Å²) in [4.78, 5) is 13.8. The maximum atomic E-state index is 12.2. The average molecular weight is 408 g/mol. The van der Waals surface area contributed by atoms with Crippen LogP contribution in [0.2, 0.25) is 0 Å². The van der Waals surface area contributed by atoms with Crippen molar-refractivity contribution in [3.05, 3.63) is 11.6 Å². The number of hydrogen-bond acceptors (Lipinski definition) is 4. The molecule has 0 aromatic rings. The summed E-state index contributed by atoms with van der Waals surface area (Å²) >= 11 is 5.72. The Balaban J connectivity index is 2.26. The van der Waals surface area contributed by atoms with Crippen molar-refractivity contribution in [1.29, 1.82) is 0 Å². The van der Waals surface area contributed by atoms with Crippen molar-refractivity contribution in [3.63, 3.8) is 0 Å². The molecule has 152 valence electrons. The molecule has 0 aromatic heterocycles. The van der Waals surface area contributed by atoms with Gasteiger partial charge < -0.3 is 9.64 Å². The zero-order chi connectivity index (χ0) is 20.0. The summed E-state index contributed by atoms with van der Waals surface area (Å²) in [6.45, 7) is 12.3. The Labute approximate surface area is 164 Å². The SMILES string of the molecule is C=C(Cl)CC(C)S(=O)(=O)CCCCC1CCN(C(=O)OC(C)(C)C)CC1. The number of ether oxygens (including phenoxy) is 1. The zero-order valence-electron chi connectivity index (χ0n) is 16.6. The minimum atomic E-state index is -3.11. The number of piperidine rings is 1. The van der Waals surface area contributed by atoms with Crippen molar-refractivity contribution < 1.29 is 17.9 Å². The van der Waals surface area contributed by atoms with E-state index in [1.807, 2.05) is 20.8 Å². The third-order valence-corrected chi connectivity index (χ3v) is 7.08. The van der Waals surface area contributed by atoms with Crippen LogP contribution in [-0.2, 0) is 14.6 Å². The van der Waals surface area contributed by atoms with Gasteiger partial charge in [-0.3, -0.25) is 0 Å². The van der Waals surface area contributed by atoms with Gasteiger partial charge in [0.1, 0.15) is 5.60 Å². The number of allylic oxidation sites excluding steroid dienone is 1. The van der Waals surface area contributed by atoms with E-state index in [1.54, 1.807) is 11.8 Å². The molecule has 1 unspecified atom stereocenters. The predicted octanol–water partition coefficient (Wildman–Crippen LogP) is 4.75. The van der Waals surface area contributed by atoms with Crippen molar-refractivity contribution in [2.24, 2.45) is 5.92 Å². The van der Waals surface area contributed by atoms with Gasteiger partial charge in [-0.1, -0.05) is 31.0 Å². The number of carbonyl (C=O) groups excluding carboxylic acids is 1. The Bertz CT molecular complexity index is 575. The molecule has 1 rings (SSSR count). The van der Waals surface area contributed by atoms with E-state index in [9.17, 15) is 13.2 Å². The number of amides is 1. The normalized spacial score (nSPS) is 17.8. The molecule has 1 atom stereocenters. The van der Waals surface area contributed by atoms with Crippen LogP contribution in [0.25, 0.3) is 0 Å². The highest BCUT2D eigenvalue weighted by molar-refractivity contribution is 7.92. The molecule has 0 N–H and O–H groups in total. The van der Waals surface area contributed by atoms with Gasteiger partial charge in [0, 0.05) is 18.1 Å². The van der Waals surface area contributed by atoms with Gasteiger partial charge in [-0.2, -0.15) is 0 Å². The van der Waals surface area contributed by atoms with E-state index in [-0.39, 0.29) is 11.8 Å². The average Bonchev–Trinajstić information content (AvgIpc) is 2.50. The highest BCUT2D eigenvalue weighted by atomic mass is 35.5. The number of rotatable bonds is 8. The van der Waals surface area contributed by atoms with E-state index < -0.39 is 20.7 Å². The smallest absolute Gasteiger partial charge is 0.410 e. The van der Waals surface area contributed by atoms with Crippen LogP contribution in [0.3, 0.4) is 0 Å². The first kappa shape index (κ1) is 23.3. The van der Waals surface area contributed by atoms with Gasteiger partial charge in [-0.15, -0.1) is 0 Å². The third-order valence-electron chi connectivity index (χ3n) is 4.68. The molecule has 0 aliphatic carbocycles. The molecule has 0 radical (unpaired) electrons. The lowest BCUT2D eigenvalue weighted by atomic mass is 9.92. The maximum Gasteiger partial charge on any atom is 0.410 e. The monoisotopic (exact) mass is 407 g/mol. The lowest BCUT2D eigenvalue weighted by Gasteiger charge is -2.33. The van der Waals surface area contributed by atoms with Gasteiger partial charge in [0.25, 0.3) is 0 Å². The van der Waals surface area contributed by atoms with Gasteiger partial charge in [0.15, 0.2) is 9.84 Å². The van der Waals surface area contributed by atoms with E-state index in [2.05, 4.69) is 6.58 Å². The molecule has 1 aliphatic heterocycles. The Morgan fingerprint density at radius 3 is 2.35 bits per heavy atom. The molecule has 26 heavy (non-hydrogen) atoms.